The fourth-order valence-electron chi connectivity index (χ4n) is 4.66. The molecule has 0 radical (unpaired) electrons. The topological polar surface area (TPSA) is 111 Å². The molecule has 1 aromatic rings. The normalized spacial score (nSPS) is 22.0. The Bertz CT molecular complexity index is 902. The first-order chi connectivity index (χ1) is 17.1. The number of carbonyl (C=O) groups is 3. The van der Waals surface area contributed by atoms with Gasteiger partial charge in [0, 0.05) is 37.9 Å². The molecule has 0 aliphatic carbocycles. The number of likely N-dealkylation sites (tertiary alicyclic amines) is 2. The van der Waals surface area contributed by atoms with Crippen LogP contribution in [0.5, 0.6) is 0 Å². The lowest BCUT2D eigenvalue weighted by Crippen LogP contribution is -2.62. The van der Waals surface area contributed by atoms with E-state index in [-0.39, 0.29) is 5.54 Å². The number of pyridine rings is 1. The summed E-state index contributed by atoms with van der Waals surface area (Å²) in [5.41, 5.74) is 1.25. The molecule has 2 aliphatic heterocycles. The van der Waals surface area contributed by atoms with Crippen molar-refractivity contribution >= 4 is 17.8 Å². The molecule has 1 aromatic heterocycles. The summed E-state index contributed by atoms with van der Waals surface area (Å²) in [5, 5.41) is 14.2. The minimum atomic E-state index is -5.08. The van der Waals surface area contributed by atoms with Crippen LogP contribution in [-0.2, 0) is 20.9 Å². The zero-order valence-electron chi connectivity index (χ0n) is 20.1. The lowest BCUT2D eigenvalue weighted by atomic mass is 9.77. The van der Waals surface area contributed by atoms with E-state index in [0.717, 1.165) is 38.8 Å². The Morgan fingerprint density at radius 1 is 1.16 bits per heavy atom. The molecule has 3 heterocycles. The van der Waals surface area contributed by atoms with E-state index in [9.17, 15) is 31.1 Å². The van der Waals surface area contributed by atoms with Gasteiger partial charge in [0.15, 0.2) is 0 Å². The number of carboxylic acids is 2. The number of carboxylic acid groups (broad SMARTS) is 2. The van der Waals surface area contributed by atoms with Crippen molar-refractivity contribution in [1.82, 2.24) is 14.8 Å². The average Bonchev–Trinajstić information content (AvgIpc) is 3.10. The van der Waals surface area contributed by atoms with Gasteiger partial charge in [0.1, 0.15) is 0 Å². The van der Waals surface area contributed by atoms with Gasteiger partial charge in [0.25, 0.3) is 0 Å². The zero-order chi connectivity index (χ0) is 28.4. The average molecular weight is 541 g/mol. The SMILES string of the molecule is C=CCN1C(=O)CC[C@]12CCCN(Cc1cccnc1)[C@H]2CC.O=C(O)C(F)(F)F.O=C(O)C(F)(F)F. The lowest BCUT2D eigenvalue weighted by molar-refractivity contribution is -0.193. The van der Waals surface area contributed by atoms with E-state index in [0.29, 0.717) is 24.9 Å². The fraction of sp³-hybridized carbons (Fsp3) is 0.565. The fourth-order valence-corrected chi connectivity index (χ4v) is 4.66. The Kier molecular flexibility index (Phi) is 11.5. The largest absolute Gasteiger partial charge is 0.490 e. The van der Waals surface area contributed by atoms with Crippen LogP contribution in [0.2, 0.25) is 0 Å². The molecule has 1 spiro atoms. The Hall–Kier alpha value is -3.16. The smallest absolute Gasteiger partial charge is 0.475 e. The summed E-state index contributed by atoms with van der Waals surface area (Å²) in [4.78, 5) is 39.1. The number of carbonyl (C=O) groups excluding carboxylic acids is 1. The molecule has 0 aromatic carbocycles. The van der Waals surface area contributed by atoms with Crippen molar-refractivity contribution in [2.75, 3.05) is 13.1 Å². The third kappa shape index (κ3) is 9.02. The first-order valence-corrected chi connectivity index (χ1v) is 11.2. The molecule has 1 amide bonds. The molecule has 0 saturated carbocycles. The summed E-state index contributed by atoms with van der Waals surface area (Å²) in [7, 11) is 0. The maximum Gasteiger partial charge on any atom is 0.490 e. The van der Waals surface area contributed by atoms with Gasteiger partial charge in [-0.2, -0.15) is 26.3 Å². The van der Waals surface area contributed by atoms with Crippen molar-refractivity contribution in [2.45, 2.75) is 69.5 Å². The number of halogens is 6. The monoisotopic (exact) mass is 541 g/mol. The summed E-state index contributed by atoms with van der Waals surface area (Å²) in [6.07, 6.45) is 0.493. The molecule has 14 heteroatoms. The number of aliphatic carboxylic acids is 2. The van der Waals surface area contributed by atoms with Crippen LogP contribution in [0.3, 0.4) is 0 Å². The van der Waals surface area contributed by atoms with Crippen LogP contribution in [0.15, 0.2) is 37.2 Å². The maximum absolute atomic E-state index is 12.4. The third-order valence-corrected chi connectivity index (χ3v) is 6.02. The van der Waals surface area contributed by atoms with Gasteiger partial charge in [-0.15, -0.1) is 6.58 Å². The number of piperidine rings is 1. The van der Waals surface area contributed by atoms with Crippen molar-refractivity contribution in [3.8, 4) is 0 Å². The number of amides is 1. The second-order valence-corrected chi connectivity index (χ2v) is 8.36. The van der Waals surface area contributed by atoms with Gasteiger partial charge < -0.3 is 15.1 Å². The van der Waals surface area contributed by atoms with Gasteiger partial charge >= 0.3 is 24.3 Å². The van der Waals surface area contributed by atoms with E-state index in [1.54, 1.807) is 0 Å². The molecule has 8 nitrogen and oxygen atoms in total. The predicted molar refractivity (Wildman–Crippen MR) is 119 cm³/mol. The number of hydrogen-bond acceptors (Lipinski definition) is 5. The Labute approximate surface area is 209 Å². The number of alkyl halides is 6. The molecule has 208 valence electrons. The Morgan fingerprint density at radius 3 is 2.16 bits per heavy atom. The van der Waals surface area contributed by atoms with Crippen LogP contribution < -0.4 is 0 Å². The van der Waals surface area contributed by atoms with Crippen LogP contribution in [0.4, 0.5) is 26.3 Å². The highest BCUT2D eigenvalue weighted by atomic mass is 19.4. The molecular weight excluding hydrogens is 512 g/mol. The van der Waals surface area contributed by atoms with E-state index in [2.05, 4.69) is 34.4 Å². The van der Waals surface area contributed by atoms with Crippen LogP contribution in [-0.4, -0.2) is 79.9 Å². The van der Waals surface area contributed by atoms with E-state index >= 15 is 0 Å². The van der Waals surface area contributed by atoms with Gasteiger partial charge in [-0.25, -0.2) is 9.59 Å². The van der Waals surface area contributed by atoms with Crippen molar-refractivity contribution in [2.24, 2.45) is 0 Å². The Balaban J connectivity index is 0.000000404. The molecule has 0 bridgehead atoms. The van der Waals surface area contributed by atoms with Crippen molar-refractivity contribution in [3.63, 3.8) is 0 Å². The Morgan fingerprint density at radius 2 is 1.73 bits per heavy atom. The van der Waals surface area contributed by atoms with Crippen molar-refractivity contribution < 1.29 is 50.9 Å². The molecule has 2 fully saturated rings. The lowest BCUT2D eigenvalue weighted by Gasteiger charge is -2.52. The molecule has 2 atom stereocenters. The van der Waals surface area contributed by atoms with E-state index in [1.807, 2.05) is 24.5 Å². The minimum absolute atomic E-state index is 0.000478. The number of nitrogens with zero attached hydrogens (tertiary/aromatic N) is 3. The van der Waals surface area contributed by atoms with E-state index in [4.69, 9.17) is 19.8 Å². The second kappa shape index (κ2) is 13.4. The summed E-state index contributed by atoms with van der Waals surface area (Å²) >= 11 is 0. The molecule has 2 N–H and O–H groups in total. The predicted octanol–water partition coefficient (Wildman–Crippen LogP) is 4.27. The standard InChI is InChI=1S/C19H27N3O.2C2HF3O2/c1-3-12-22-18(23)8-10-19(22)9-6-13-21(17(19)4-2)15-16-7-5-11-20-14-16;2*3-2(4,5)1(6)7/h3,5,7,11,14,17H,1,4,6,8-10,12-13,15H2,2H3;2*(H,6,7)/t17-,19-;;/m0../s1. The minimum Gasteiger partial charge on any atom is -0.475 e. The van der Waals surface area contributed by atoms with Crippen molar-refractivity contribution in [3.05, 3.63) is 42.7 Å². The van der Waals surface area contributed by atoms with Crippen molar-refractivity contribution in [1.29, 1.82) is 0 Å². The number of hydrogen-bond donors (Lipinski definition) is 2. The second-order valence-electron chi connectivity index (χ2n) is 8.36. The highest BCUT2D eigenvalue weighted by Crippen LogP contribution is 2.43. The van der Waals surface area contributed by atoms with Gasteiger partial charge in [-0.05, 0) is 43.9 Å². The van der Waals surface area contributed by atoms with E-state index < -0.39 is 24.3 Å². The quantitative estimate of drug-likeness (QED) is 0.423. The molecule has 2 aliphatic rings. The highest BCUT2D eigenvalue weighted by Gasteiger charge is 2.52. The number of aromatic nitrogens is 1. The first kappa shape index (κ1) is 31.9. The van der Waals surface area contributed by atoms with Gasteiger partial charge in [-0.1, -0.05) is 19.1 Å². The van der Waals surface area contributed by atoms with Crippen LogP contribution >= 0.6 is 0 Å². The van der Waals surface area contributed by atoms with Gasteiger partial charge in [0.2, 0.25) is 5.91 Å². The zero-order valence-corrected chi connectivity index (χ0v) is 20.1. The van der Waals surface area contributed by atoms with Crippen LogP contribution in [0.1, 0.15) is 44.6 Å². The molecule has 2 saturated heterocycles. The van der Waals surface area contributed by atoms with Gasteiger partial charge in [-0.3, -0.25) is 14.7 Å². The van der Waals surface area contributed by atoms with Gasteiger partial charge in [0.05, 0.1) is 5.54 Å². The van der Waals surface area contributed by atoms with Crippen LogP contribution in [0, 0.1) is 0 Å². The number of rotatable bonds is 5. The summed E-state index contributed by atoms with van der Waals surface area (Å²) in [6, 6.07) is 4.56. The molecule has 37 heavy (non-hydrogen) atoms. The summed E-state index contributed by atoms with van der Waals surface area (Å²) in [6.45, 7) is 8.81. The highest BCUT2D eigenvalue weighted by molar-refractivity contribution is 5.80. The van der Waals surface area contributed by atoms with Crippen LogP contribution in [0.25, 0.3) is 0 Å². The third-order valence-electron chi connectivity index (χ3n) is 6.02. The maximum atomic E-state index is 12.4. The first-order valence-electron chi connectivity index (χ1n) is 11.2. The molecular formula is C23H29F6N3O5. The summed E-state index contributed by atoms with van der Waals surface area (Å²) < 4.78 is 63.5. The molecule has 0 unspecified atom stereocenters. The van der Waals surface area contributed by atoms with E-state index in [1.165, 1.54) is 5.56 Å². The molecule has 3 rings (SSSR count). The summed E-state index contributed by atoms with van der Waals surface area (Å²) in [5.74, 6) is -5.22.